The number of esters is 4. The Bertz CT molecular complexity index is 1330. The largest absolute Gasteiger partial charge is 0.458 e. The molecule has 0 spiro atoms. The van der Waals surface area contributed by atoms with Gasteiger partial charge in [0.05, 0.1) is 0 Å². The molecule has 0 aromatic heterocycles. The molecule has 2 bridgehead atoms. The Morgan fingerprint density at radius 2 is 1.38 bits per heavy atom. The van der Waals surface area contributed by atoms with Crippen molar-refractivity contribution in [3.8, 4) is 0 Å². The van der Waals surface area contributed by atoms with Crippen LogP contribution in [-0.2, 0) is 61.9 Å². The van der Waals surface area contributed by atoms with Crippen LogP contribution in [0.15, 0.2) is 12.2 Å². The molecule has 298 valence electrons. The van der Waals surface area contributed by atoms with E-state index in [0.29, 0.717) is 12.2 Å². The summed E-state index contributed by atoms with van der Waals surface area (Å²) < 4.78 is 47.8. The van der Waals surface area contributed by atoms with E-state index in [9.17, 15) is 29.1 Å². The zero-order valence-electron chi connectivity index (χ0n) is 33.7. The van der Waals surface area contributed by atoms with E-state index in [2.05, 4.69) is 13.8 Å². The van der Waals surface area contributed by atoms with Crippen molar-refractivity contribution in [2.45, 2.75) is 181 Å². The highest BCUT2D eigenvalue weighted by atomic mass is 16.8. The summed E-state index contributed by atoms with van der Waals surface area (Å²) in [4.78, 5) is 69.2. The van der Waals surface area contributed by atoms with Crippen LogP contribution in [0.3, 0.4) is 0 Å². The van der Waals surface area contributed by atoms with E-state index in [4.69, 9.17) is 37.9 Å². The van der Waals surface area contributed by atoms with E-state index < -0.39 is 88.2 Å². The van der Waals surface area contributed by atoms with E-state index in [0.717, 1.165) is 18.9 Å². The van der Waals surface area contributed by atoms with Gasteiger partial charge in [0.2, 0.25) is 17.5 Å². The SMILES string of the molecule is CCC(C)CC(C)/C=C/C(=O)O[C@@H]1[C@@H](OC(C)(C)OC)[C@]2(CCC=O)O[C@H](C(=O)OC(C)(C)C)[C@@](O)(C(=O)OC(C)(C)C)[C@@]1(C(=O)OC(C)(C)C)O2. The minimum atomic E-state index is -3.45. The van der Waals surface area contributed by atoms with Gasteiger partial charge in [-0.15, -0.1) is 0 Å². The van der Waals surface area contributed by atoms with Crippen LogP contribution in [0.1, 0.15) is 123 Å². The van der Waals surface area contributed by atoms with Gasteiger partial charge in [0, 0.05) is 26.0 Å². The van der Waals surface area contributed by atoms with Gasteiger partial charge < -0.3 is 47.8 Å². The van der Waals surface area contributed by atoms with Gasteiger partial charge in [0.1, 0.15) is 23.1 Å². The quantitative estimate of drug-likeness (QED) is 0.0788. The lowest BCUT2D eigenvalue weighted by molar-refractivity contribution is -0.387. The molecular weight excluding hydrogens is 680 g/mol. The fourth-order valence-electron chi connectivity index (χ4n) is 6.00. The molecular formula is C38H62O14. The zero-order chi connectivity index (χ0) is 40.3. The first-order valence-corrected chi connectivity index (χ1v) is 17.9. The van der Waals surface area contributed by atoms with Crippen molar-refractivity contribution in [1.29, 1.82) is 0 Å². The second kappa shape index (κ2) is 16.2. The van der Waals surface area contributed by atoms with Crippen LogP contribution in [0.2, 0.25) is 0 Å². The first kappa shape index (κ1) is 45.2. The molecule has 0 saturated carbocycles. The van der Waals surface area contributed by atoms with Gasteiger partial charge in [-0.05, 0) is 94.4 Å². The summed E-state index contributed by atoms with van der Waals surface area (Å²) in [5.74, 6) is -8.80. The maximum Gasteiger partial charge on any atom is 0.347 e. The molecule has 2 saturated heterocycles. The molecule has 0 amide bonds. The number of hydrogen-bond acceptors (Lipinski definition) is 14. The molecule has 2 aliphatic rings. The molecule has 0 radical (unpaired) electrons. The predicted octanol–water partition coefficient (Wildman–Crippen LogP) is 4.89. The number of carbonyl (C=O) groups excluding carboxylic acids is 5. The minimum absolute atomic E-state index is 0.0571. The maximum atomic E-state index is 14.9. The van der Waals surface area contributed by atoms with E-state index >= 15 is 0 Å². The molecule has 2 fully saturated rings. The van der Waals surface area contributed by atoms with Crippen molar-refractivity contribution in [2.24, 2.45) is 11.8 Å². The van der Waals surface area contributed by atoms with Crippen LogP contribution < -0.4 is 0 Å². The summed E-state index contributed by atoms with van der Waals surface area (Å²) in [6.07, 6.45) is -1.89. The van der Waals surface area contributed by atoms with Crippen molar-refractivity contribution in [1.82, 2.24) is 0 Å². The Hall–Kier alpha value is -2.91. The second-order valence-electron chi connectivity index (χ2n) is 17.2. The molecule has 0 aromatic carbocycles. The summed E-state index contributed by atoms with van der Waals surface area (Å²) in [7, 11) is 1.33. The third-order valence-electron chi connectivity index (χ3n) is 8.53. The molecule has 2 heterocycles. The van der Waals surface area contributed by atoms with Gasteiger partial charge in [-0.3, -0.25) is 0 Å². The summed E-state index contributed by atoms with van der Waals surface area (Å²) in [6.45, 7) is 22.8. The minimum Gasteiger partial charge on any atom is -0.458 e. The molecule has 14 heteroatoms. The first-order chi connectivity index (χ1) is 23.5. The molecule has 1 N–H and O–H groups in total. The number of ether oxygens (including phenoxy) is 8. The average molecular weight is 743 g/mol. The summed E-state index contributed by atoms with van der Waals surface area (Å²) in [5, 5.41) is 13.0. The van der Waals surface area contributed by atoms with Crippen molar-refractivity contribution in [3.63, 3.8) is 0 Å². The predicted molar refractivity (Wildman–Crippen MR) is 187 cm³/mol. The second-order valence-corrected chi connectivity index (χ2v) is 17.2. The average Bonchev–Trinajstić information content (AvgIpc) is 3.20. The first-order valence-electron chi connectivity index (χ1n) is 17.9. The lowest BCUT2D eigenvalue weighted by Gasteiger charge is -2.51. The van der Waals surface area contributed by atoms with Crippen LogP contribution in [0.5, 0.6) is 0 Å². The van der Waals surface area contributed by atoms with Gasteiger partial charge in [0.15, 0.2) is 18.0 Å². The molecule has 52 heavy (non-hydrogen) atoms. The number of rotatable bonds is 15. The molecule has 8 atom stereocenters. The number of carbonyl (C=O) groups is 5. The highest BCUT2D eigenvalue weighted by Crippen LogP contribution is 2.58. The fraction of sp³-hybridized carbons (Fsp3) is 0.816. The third-order valence-corrected chi connectivity index (χ3v) is 8.53. The number of aldehydes is 1. The lowest BCUT2D eigenvalue weighted by atomic mass is 9.74. The van der Waals surface area contributed by atoms with E-state index in [-0.39, 0.29) is 12.3 Å². The van der Waals surface area contributed by atoms with Crippen LogP contribution in [0.25, 0.3) is 0 Å². The number of fused-ring (bicyclic) bond motifs is 2. The van der Waals surface area contributed by atoms with Crippen LogP contribution >= 0.6 is 0 Å². The highest BCUT2D eigenvalue weighted by Gasteiger charge is 2.87. The van der Waals surface area contributed by atoms with Crippen molar-refractivity contribution in [2.75, 3.05) is 7.11 Å². The van der Waals surface area contributed by atoms with Gasteiger partial charge in [-0.1, -0.05) is 33.3 Å². The van der Waals surface area contributed by atoms with Gasteiger partial charge >= 0.3 is 23.9 Å². The molecule has 14 nitrogen and oxygen atoms in total. The number of hydrogen-bond donors (Lipinski definition) is 1. The molecule has 0 aromatic rings. The fourth-order valence-corrected chi connectivity index (χ4v) is 6.00. The van der Waals surface area contributed by atoms with Crippen LogP contribution in [0.4, 0.5) is 0 Å². The van der Waals surface area contributed by atoms with Gasteiger partial charge in [0.25, 0.3) is 5.60 Å². The topological polar surface area (TPSA) is 179 Å². The zero-order valence-corrected chi connectivity index (χ0v) is 33.7. The molecule has 2 rings (SSSR count). The molecule has 0 aliphatic carbocycles. The Balaban J connectivity index is 3.13. The van der Waals surface area contributed by atoms with E-state index in [1.54, 1.807) is 26.8 Å². The van der Waals surface area contributed by atoms with E-state index in [1.807, 2.05) is 6.92 Å². The maximum absolute atomic E-state index is 14.9. The van der Waals surface area contributed by atoms with E-state index in [1.165, 1.54) is 62.5 Å². The van der Waals surface area contributed by atoms with Crippen LogP contribution in [-0.4, -0.2) is 100 Å². The van der Waals surface area contributed by atoms with Gasteiger partial charge in [-0.2, -0.15) is 0 Å². The molecule has 2 unspecified atom stereocenters. The Morgan fingerprint density at radius 3 is 1.87 bits per heavy atom. The number of methoxy groups -OCH3 is 1. The Labute approximate surface area is 308 Å². The highest BCUT2D eigenvalue weighted by molar-refractivity contribution is 6.00. The van der Waals surface area contributed by atoms with Crippen molar-refractivity contribution < 1.29 is 67.0 Å². The lowest BCUT2D eigenvalue weighted by Crippen LogP contribution is -2.79. The van der Waals surface area contributed by atoms with Crippen molar-refractivity contribution in [3.05, 3.63) is 12.2 Å². The third kappa shape index (κ3) is 10.4. The number of aliphatic hydroxyl groups is 1. The van der Waals surface area contributed by atoms with Gasteiger partial charge in [-0.25, -0.2) is 19.2 Å². The summed E-state index contributed by atoms with van der Waals surface area (Å²) in [5.41, 5.74) is -10.4. The smallest absolute Gasteiger partial charge is 0.347 e. The normalized spacial score (nSPS) is 29.3. The monoisotopic (exact) mass is 742 g/mol. The standard InChI is InChI=1S/C38H62O14/c1-16-23(2)22-24(3)18-19-25(40)46-27-26(47-35(13,14)45-15)36(20-17-21-39)48-28(29(41)49-32(4,5)6)37(44,30(42)50-33(7,8)9)38(27,52-36)31(43)51-34(10,11)12/h18-19,21,23-24,26-28,44H,16-17,20,22H2,1-15H3/b19-18+/t23?,24?,26-,27-,28-,36-,37-,38-/m1/s1. The Morgan fingerprint density at radius 1 is 0.846 bits per heavy atom. The molecule has 2 aliphatic heterocycles. The summed E-state index contributed by atoms with van der Waals surface area (Å²) in [6, 6.07) is 0. The van der Waals surface area contributed by atoms with Crippen LogP contribution in [0, 0.1) is 11.8 Å². The number of allylic oxidation sites excluding steroid dienone is 1. The summed E-state index contributed by atoms with van der Waals surface area (Å²) >= 11 is 0. The van der Waals surface area contributed by atoms with Crippen molar-refractivity contribution >= 4 is 30.2 Å². The Kier molecular flexibility index (Phi) is 14.1.